The van der Waals surface area contributed by atoms with E-state index in [0.29, 0.717) is 12.5 Å². The molecular weight excluding hydrogens is 293 g/mol. The number of anilines is 1. The van der Waals surface area contributed by atoms with Gasteiger partial charge in [-0.3, -0.25) is 0 Å². The van der Waals surface area contributed by atoms with Crippen LogP contribution in [0.3, 0.4) is 0 Å². The largest absolute Gasteiger partial charge is 0.382 e. The van der Waals surface area contributed by atoms with Gasteiger partial charge in [-0.15, -0.1) is 0 Å². The van der Waals surface area contributed by atoms with Gasteiger partial charge in [0.1, 0.15) is 5.82 Å². The topological polar surface area (TPSA) is 82.0 Å². The second-order valence-corrected chi connectivity index (χ2v) is 7.12. The molecule has 0 spiro atoms. The van der Waals surface area contributed by atoms with Gasteiger partial charge in [-0.05, 0) is 37.0 Å². The van der Waals surface area contributed by atoms with E-state index in [0.717, 1.165) is 18.9 Å². The molecule has 0 heterocycles. The minimum absolute atomic E-state index is 0.112. The fourth-order valence-electron chi connectivity index (χ4n) is 2.06. The van der Waals surface area contributed by atoms with Crippen LogP contribution in [0.25, 0.3) is 0 Å². The number of hydrogen-bond acceptors (Lipinski definition) is 4. The van der Waals surface area contributed by atoms with E-state index in [1.54, 1.807) is 0 Å². The normalized spacial score (nSPS) is 15.2. The highest BCUT2D eigenvalue weighted by Gasteiger charge is 2.20. The van der Waals surface area contributed by atoms with Gasteiger partial charge in [0.15, 0.2) is 0 Å². The third-order valence-corrected chi connectivity index (χ3v) is 4.95. The maximum Gasteiger partial charge on any atom is 0.213 e. The summed E-state index contributed by atoms with van der Waals surface area (Å²) in [7, 11) is -3.34. The lowest BCUT2D eigenvalue weighted by Gasteiger charge is -2.25. The van der Waals surface area contributed by atoms with Gasteiger partial charge in [0, 0.05) is 13.1 Å². The first kappa shape index (κ1) is 15.7. The van der Waals surface area contributed by atoms with E-state index in [1.165, 1.54) is 18.6 Å². The summed E-state index contributed by atoms with van der Waals surface area (Å²) >= 11 is 0. The third kappa shape index (κ3) is 4.69. The molecule has 1 aromatic rings. The molecule has 0 radical (unpaired) electrons. The van der Waals surface area contributed by atoms with E-state index in [2.05, 4.69) is 10.0 Å². The van der Waals surface area contributed by atoms with E-state index in [9.17, 15) is 12.8 Å². The first-order valence-corrected chi connectivity index (χ1v) is 8.56. The van der Waals surface area contributed by atoms with Gasteiger partial charge in [-0.1, -0.05) is 6.42 Å². The molecule has 1 fully saturated rings. The SMILES string of the molecule is N#Cc1ccc(NCCS(=O)(=O)NCC2CCC2)c(F)c1. The van der Waals surface area contributed by atoms with Crippen LogP contribution in [0, 0.1) is 23.1 Å². The monoisotopic (exact) mass is 311 g/mol. The van der Waals surface area contributed by atoms with Gasteiger partial charge in [0.2, 0.25) is 10.0 Å². The Labute approximate surface area is 124 Å². The zero-order valence-corrected chi connectivity index (χ0v) is 12.4. The smallest absolute Gasteiger partial charge is 0.213 e. The Morgan fingerprint density at radius 2 is 2.14 bits per heavy atom. The lowest BCUT2D eigenvalue weighted by Crippen LogP contribution is -2.35. The molecule has 7 heteroatoms. The second kappa shape index (κ2) is 6.87. The van der Waals surface area contributed by atoms with Crippen molar-refractivity contribution < 1.29 is 12.8 Å². The molecule has 5 nitrogen and oxygen atoms in total. The van der Waals surface area contributed by atoms with Crippen molar-refractivity contribution in [3.05, 3.63) is 29.6 Å². The van der Waals surface area contributed by atoms with E-state index >= 15 is 0 Å². The maximum atomic E-state index is 13.6. The summed E-state index contributed by atoms with van der Waals surface area (Å²) in [4.78, 5) is 0. The number of hydrogen-bond donors (Lipinski definition) is 2. The molecule has 2 N–H and O–H groups in total. The number of nitrogens with one attached hydrogen (secondary N) is 2. The standard InChI is InChI=1S/C14H18FN3O2S/c15-13-8-12(9-16)4-5-14(13)17-6-7-21(19,20)18-10-11-2-1-3-11/h4-5,8,11,17-18H,1-3,6-7,10H2. The zero-order chi connectivity index (χ0) is 15.3. The van der Waals surface area contributed by atoms with Crippen molar-refractivity contribution in [1.82, 2.24) is 4.72 Å². The van der Waals surface area contributed by atoms with Crippen LogP contribution >= 0.6 is 0 Å². The quantitative estimate of drug-likeness (QED) is 0.805. The Hall–Kier alpha value is -1.65. The Morgan fingerprint density at radius 1 is 1.38 bits per heavy atom. The van der Waals surface area contributed by atoms with Crippen LogP contribution in [0.1, 0.15) is 24.8 Å². The number of sulfonamides is 1. The average molecular weight is 311 g/mol. The van der Waals surface area contributed by atoms with Gasteiger partial charge in [0.05, 0.1) is 23.1 Å². The predicted octanol–water partition coefficient (Wildman–Crippen LogP) is 1.83. The van der Waals surface area contributed by atoms with Crippen LogP contribution in [-0.2, 0) is 10.0 Å². The number of rotatable bonds is 7. The summed E-state index contributed by atoms with van der Waals surface area (Å²) in [6, 6.07) is 5.87. The minimum atomic E-state index is -3.34. The molecule has 0 saturated heterocycles. The lowest BCUT2D eigenvalue weighted by atomic mass is 9.86. The molecule has 0 aromatic heterocycles. The van der Waals surface area contributed by atoms with Crippen molar-refractivity contribution in [1.29, 1.82) is 5.26 Å². The number of benzene rings is 1. The number of nitrogens with zero attached hydrogens (tertiary/aromatic N) is 1. The summed E-state index contributed by atoms with van der Waals surface area (Å²) in [6.45, 7) is 0.608. The molecule has 1 aliphatic rings. The molecule has 2 rings (SSSR count). The highest BCUT2D eigenvalue weighted by atomic mass is 32.2. The predicted molar refractivity (Wildman–Crippen MR) is 78.7 cm³/mol. The number of nitriles is 1. The summed E-state index contributed by atoms with van der Waals surface area (Å²) in [5.41, 5.74) is 0.427. The molecule has 0 bridgehead atoms. The third-order valence-electron chi connectivity index (χ3n) is 3.60. The molecule has 0 atom stereocenters. The van der Waals surface area contributed by atoms with Crippen LogP contribution in [-0.4, -0.2) is 27.3 Å². The van der Waals surface area contributed by atoms with Crippen LogP contribution in [0.15, 0.2) is 18.2 Å². The van der Waals surface area contributed by atoms with E-state index in [1.807, 2.05) is 6.07 Å². The van der Waals surface area contributed by atoms with Crippen molar-refractivity contribution in [3.8, 4) is 6.07 Å². The molecule has 0 amide bonds. The van der Waals surface area contributed by atoms with Crippen LogP contribution in [0.5, 0.6) is 0 Å². The Morgan fingerprint density at radius 3 is 2.71 bits per heavy atom. The molecule has 114 valence electrons. The highest BCUT2D eigenvalue weighted by Crippen LogP contribution is 2.25. The van der Waals surface area contributed by atoms with Gasteiger partial charge in [-0.25, -0.2) is 17.5 Å². The van der Waals surface area contributed by atoms with Crippen LogP contribution in [0.4, 0.5) is 10.1 Å². The molecule has 1 saturated carbocycles. The first-order valence-electron chi connectivity index (χ1n) is 6.91. The molecule has 21 heavy (non-hydrogen) atoms. The molecule has 1 aliphatic carbocycles. The van der Waals surface area contributed by atoms with E-state index in [-0.39, 0.29) is 23.5 Å². The van der Waals surface area contributed by atoms with Gasteiger partial charge < -0.3 is 5.32 Å². The molecule has 1 aromatic carbocycles. The Balaban J connectivity index is 1.79. The van der Waals surface area contributed by atoms with Crippen molar-refractivity contribution >= 4 is 15.7 Å². The minimum Gasteiger partial charge on any atom is -0.382 e. The van der Waals surface area contributed by atoms with Crippen molar-refractivity contribution in [2.45, 2.75) is 19.3 Å². The van der Waals surface area contributed by atoms with Gasteiger partial charge in [0.25, 0.3) is 0 Å². The Bertz CT molecular complexity index is 636. The summed E-state index contributed by atoms with van der Waals surface area (Å²) in [5.74, 6) is -0.211. The zero-order valence-electron chi connectivity index (χ0n) is 11.6. The summed E-state index contributed by atoms with van der Waals surface area (Å²) in [6.07, 6.45) is 3.33. The van der Waals surface area contributed by atoms with Crippen LogP contribution in [0.2, 0.25) is 0 Å². The summed E-state index contributed by atoms with van der Waals surface area (Å²) < 4.78 is 39.7. The molecular formula is C14H18FN3O2S. The lowest BCUT2D eigenvalue weighted by molar-refractivity contribution is 0.316. The van der Waals surface area contributed by atoms with Crippen molar-refractivity contribution in [2.24, 2.45) is 5.92 Å². The maximum absolute atomic E-state index is 13.6. The van der Waals surface area contributed by atoms with Crippen molar-refractivity contribution in [2.75, 3.05) is 24.2 Å². The van der Waals surface area contributed by atoms with Gasteiger partial charge >= 0.3 is 0 Å². The van der Waals surface area contributed by atoms with Gasteiger partial charge in [-0.2, -0.15) is 5.26 Å². The Kier molecular flexibility index (Phi) is 5.15. The first-order chi connectivity index (χ1) is 10.00. The van der Waals surface area contributed by atoms with E-state index in [4.69, 9.17) is 5.26 Å². The summed E-state index contributed by atoms with van der Waals surface area (Å²) in [5, 5.41) is 11.4. The fraction of sp³-hybridized carbons (Fsp3) is 0.500. The second-order valence-electron chi connectivity index (χ2n) is 5.20. The average Bonchev–Trinajstić information content (AvgIpc) is 2.38. The van der Waals surface area contributed by atoms with E-state index < -0.39 is 15.8 Å². The fourth-order valence-corrected chi connectivity index (χ4v) is 3.07. The van der Waals surface area contributed by atoms with Crippen molar-refractivity contribution in [3.63, 3.8) is 0 Å². The molecule has 0 unspecified atom stereocenters. The number of halogens is 1. The van der Waals surface area contributed by atoms with Crippen LogP contribution < -0.4 is 10.0 Å². The molecule has 0 aliphatic heterocycles. The highest BCUT2D eigenvalue weighted by molar-refractivity contribution is 7.89.